The highest BCUT2D eigenvalue weighted by Gasteiger charge is 2.21. The predicted octanol–water partition coefficient (Wildman–Crippen LogP) is 3.82. The third-order valence-corrected chi connectivity index (χ3v) is 4.63. The third kappa shape index (κ3) is 5.07. The Morgan fingerprint density at radius 3 is 2.00 bits per heavy atom. The minimum Gasteiger partial charge on any atom is -0.334 e. The zero-order valence-corrected chi connectivity index (χ0v) is 16.5. The topological polar surface area (TPSA) is 42.3 Å². The molecule has 1 aromatic carbocycles. The molecule has 0 saturated carbocycles. The molecule has 0 spiro atoms. The van der Waals surface area contributed by atoms with Gasteiger partial charge in [0.25, 0.3) is 5.91 Å². The molecule has 140 valence electrons. The van der Waals surface area contributed by atoms with Crippen molar-refractivity contribution in [3.05, 3.63) is 69.6 Å². The molecular formula is C22H30N2O2. The molecule has 0 radical (unpaired) electrons. The van der Waals surface area contributed by atoms with E-state index in [1.807, 2.05) is 69.1 Å². The van der Waals surface area contributed by atoms with Gasteiger partial charge in [-0.2, -0.15) is 0 Å². The molecule has 2 aromatic rings. The van der Waals surface area contributed by atoms with Crippen LogP contribution in [0.1, 0.15) is 55.6 Å². The predicted molar refractivity (Wildman–Crippen MR) is 107 cm³/mol. The van der Waals surface area contributed by atoms with Crippen molar-refractivity contribution in [2.75, 3.05) is 0 Å². The SMILES string of the molecule is CC(C)N(C(=O)c1ccc(CCCc2ccc(=O)n(C)c2)cc1)C(C)C. The Morgan fingerprint density at radius 2 is 1.46 bits per heavy atom. The van der Waals surface area contributed by atoms with Gasteiger partial charge in [-0.1, -0.05) is 18.2 Å². The van der Waals surface area contributed by atoms with E-state index >= 15 is 0 Å². The van der Waals surface area contributed by atoms with Gasteiger partial charge in [0.1, 0.15) is 0 Å². The molecule has 1 aromatic heterocycles. The number of aromatic nitrogens is 1. The Balaban J connectivity index is 1.95. The van der Waals surface area contributed by atoms with E-state index in [9.17, 15) is 9.59 Å². The maximum absolute atomic E-state index is 12.7. The monoisotopic (exact) mass is 354 g/mol. The van der Waals surface area contributed by atoms with Gasteiger partial charge in [-0.25, -0.2) is 0 Å². The molecule has 0 atom stereocenters. The molecule has 2 rings (SSSR count). The molecule has 0 fully saturated rings. The van der Waals surface area contributed by atoms with Crippen LogP contribution in [0.2, 0.25) is 0 Å². The van der Waals surface area contributed by atoms with Crippen molar-refractivity contribution in [2.24, 2.45) is 7.05 Å². The van der Waals surface area contributed by atoms with E-state index in [1.165, 1.54) is 11.1 Å². The van der Waals surface area contributed by atoms with Gasteiger partial charge in [0.05, 0.1) is 0 Å². The minimum absolute atomic E-state index is 0.0193. The van der Waals surface area contributed by atoms with Crippen LogP contribution in [0.5, 0.6) is 0 Å². The molecule has 1 heterocycles. The van der Waals surface area contributed by atoms with Crippen LogP contribution in [0, 0.1) is 0 Å². The average Bonchev–Trinajstić information content (AvgIpc) is 2.58. The fourth-order valence-corrected chi connectivity index (χ4v) is 3.32. The number of rotatable bonds is 7. The lowest BCUT2D eigenvalue weighted by atomic mass is 10.0. The Labute approximate surface area is 156 Å². The molecule has 0 bridgehead atoms. The first-order valence-electron chi connectivity index (χ1n) is 9.36. The summed E-state index contributed by atoms with van der Waals surface area (Å²) in [6, 6.07) is 11.8. The lowest BCUT2D eigenvalue weighted by molar-refractivity contribution is 0.0643. The summed E-state index contributed by atoms with van der Waals surface area (Å²) in [5.74, 6) is 0.0896. The highest BCUT2D eigenvalue weighted by molar-refractivity contribution is 5.94. The lowest BCUT2D eigenvalue weighted by Crippen LogP contribution is -2.42. The van der Waals surface area contributed by atoms with Crippen LogP contribution >= 0.6 is 0 Å². The normalized spacial score (nSPS) is 11.2. The summed E-state index contributed by atoms with van der Waals surface area (Å²) in [6.45, 7) is 8.19. The van der Waals surface area contributed by atoms with Crippen LogP contribution in [0.15, 0.2) is 47.4 Å². The number of carbonyl (C=O) groups is 1. The quantitative estimate of drug-likeness (QED) is 0.758. The maximum atomic E-state index is 12.7. The summed E-state index contributed by atoms with van der Waals surface area (Å²) in [5.41, 5.74) is 3.16. The number of amides is 1. The first-order chi connectivity index (χ1) is 12.3. The second-order valence-electron chi connectivity index (χ2n) is 7.44. The van der Waals surface area contributed by atoms with Crippen LogP contribution in [0.25, 0.3) is 0 Å². The van der Waals surface area contributed by atoms with E-state index in [0.717, 1.165) is 24.8 Å². The summed E-state index contributed by atoms with van der Waals surface area (Å²) >= 11 is 0. The Morgan fingerprint density at radius 1 is 0.923 bits per heavy atom. The Hall–Kier alpha value is -2.36. The van der Waals surface area contributed by atoms with Crippen molar-refractivity contribution in [1.82, 2.24) is 9.47 Å². The molecule has 0 N–H and O–H groups in total. The molecule has 4 heteroatoms. The molecule has 0 unspecified atom stereocenters. The van der Waals surface area contributed by atoms with Gasteiger partial charge in [-0.05, 0) is 70.2 Å². The molecule has 26 heavy (non-hydrogen) atoms. The Kier molecular flexibility index (Phi) is 6.78. The van der Waals surface area contributed by atoms with Gasteiger partial charge in [0.2, 0.25) is 5.56 Å². The summed E-state index contributed by atoms with van der Waals surface area (Å²) < 4.78 is 1.62. The third-order valence-electron chi connectivity index (χ3n) is 4.63. The lowest BCUT2D eigenvalue weighted by Gasteiger charge is -2.30. The van der Waals surface area contributed by atoms with Gasteiger partial charge < -0.3 is 9.47 Å². The minimum atomic E-state index is 0.0193. The van der Waals surface area contributed by atoms with E-state index in [-0.39, 0.29) is 23.6 Å². The summed E-state index contributed by atoms with van der Waals surface area (Å²) in [4.78, 5) is 26.0. The van der Waals surface area contributed by atoms with E-state index in [0.29, 0.717) is 0 Å². The number of pyridine rings is 1. The van der Waals surface area contributed by atoms with Crippen molar-refractivity contribution in [3.8, 4) is 0 Å². The average molecular weight is 354 g/mol. The molecule has 0 aliphatic rings. The largest absolute Gasteiger partial charge is 0.334 e. The number of hydrogen-bond donors (Lipinski definition) is 0. The van der Waals surface area contributed by atoms with Crippen molar-refractivity contribution in [2.45, 2.75) is 59.0 Å². The van der Waals surface area contributed by atoms with Crippen molar-refractivity contribution in [3.63, 3.8) is 0 Å². The smallest absolute Gasteiger partial charge is 0.254 e. The number of hydrogen-bond acceptors (Lipinski definition) is 2. The van der Waals surface area contributed by atoms with E-state index in [1.54, 1.807) is 17.7 Å². The number of carbonyl (C=O) groups excluding carboxylic acids is 1. The van der Waals surface area contributed by atoms with Crippen molar-refractivity contribution >= 4 is 5.91 Å². The van der Waals surface area contributed by atoms with Gasteiger partial charge in [-0.15, -0.1) is 0 Å². The van der Waals surface area contributed by atoms with E-state index in [2.05, 4.69) is 0 Å². The second kappa shape index (κ2) is 8.84. The highest BCUT2D eigenvalue weighted by atomic mass is 16.2. The molecule has 1 amide bonds. The fourth-order valence-electron chi connectivity index (χ4n) is 3.32. The molecule has 0 aliphatic heterocycles. The van der Waals surface area contributed by atoms with Crippen LogP contribution in [0.4, 0.5) is 0 Å². The van der Waals surface area contributed by atoms with Gasteiger partial charge in [0, 0.05) is 37.0 Å². The standard InChI is InChI=1S/C22H30N2O2/c1-16(2)24(17(3)4)22(26)20-12-9-18(10-13-20)7-6-8-19-11-14-21(25)23(5)15-19/h9-17H,6-8H2,1-5H3. The molecule has 0 aliphatic carbocycles. The van der Waals surface area contributed by atoms with Gasteiger partial charge in [-0.3, -0.25) is 9.59 Å². The van der Waals surface area contributed by atoms with Gasteiger partial charge in [0.15, 0.2) is 0 Å². The van der Waals surface area contributed by atoms with Crippen molar-refractivity contribution in [1.29, 1.82) is 0 Å². The molecular weight excluding hydrogens is 324 g/mol. The second-order valence-corrected chi connectivity index (χ2v) is 7.44. The summed E-state index contributed by atoms with van der Waals surface area (Å²) in [6.07, 6.45) is 4.80. The van der Waals surface area contributed by atoms with Crippen molar-refractivity contribution < 1.29 is 4.79 Å². The van der Waals surface area contributed by atoms with Crippen LogP contribution in [-0.2, 0) is 19.9 Å². The zero-order valence-electron chi connectivity index (χ0n) is 16.5. The zero-order chi connectivity index (χ0) is 19.3. The van der Waals surface area contributed by atoms with Crippen LogP contribution in [0.3, 0.4) is 0 Å². The summed E-state index contributed by atoms with van der Waals surface area (Å²) in [5, 5.41) is 0. The maximum Gasteiger partial charge on any atom is 0.254 e. The number of nitrogens with zero attached hydrogens (tertiary/aromatic N) is 2. The first kappa shape index (κ1) is 20.0. The molecule has 0 saturated heterocycles. The number of aryl methyl sites for hydroxylation is 3. The van der Waals surface area contributed by atoms with Crippen LogP contribution < -0.4 is 5.56 Å². The first-order valence-corrected chi connectivity index (χ1v) is 9.36. The fraction of sp³-hybridized carbons (Fsp3) is 0.455. The van der Waals surface area contributed by atoms with Crippen LogP contribution in [-0.4, -0.2) is 27.5 Å². The Bertz CT molecular complexity index is 781. The number of benzene rings is 1. The van der Waals surface area contributed by atoms with Gasteiger partial charge >= 0.3 is 0 Å². The summed E-state index contributed by atoms with van der Waals surface area (Å²) in [7, 11) is 1.78. The highest BCUT2D eigenvalue weighted by Crippen LogP contribution is 2.14. The molecule has 4 nitrogen and oxygen atoms in total. The van der Waals surface area contributed by atoms with E-state index in [4.69, 9.17) is 0 Å². The van der Waals surface area contributed by atoms with E-state index < -0.39 is 0 Å².